The van der Waals surface area contributed by atoms with Crippen LogP contribution >= 0.6 is 11.3 Å². The number of thiophene rings is 1. The molecular weight excluding hydrogens is 286 g/mol. The lowest BCUT2D eigenvalue weighted by molar-refractivity contribution is 0.0129. The van der Waals surface area contributed by atoms with Gasteiger partial charge in [-0.3, -0.25) is 4.79 Å². The molecule has 0 saturated carbocycles. The second-order valence-electron chi connectivity index (χ2n) is 5.76. The van der Waals surface area contributed by atoms with Gasteiger partial charge in [-0.1, -0.05) is 0 Å². The summed E-state index contributed by atoms with van der Waals surface area (Å²) in [6.07, 6.45) is 2.31. The highest BCUT2D eigenvalue weighted by Gasteiger charge is 2.19. The molecule has 0 aliphatic carbocycles. The highest BCUT2D eigenvalue weighted by Crippen LogP contribution is 2.25. The predicted molar refractivity (Wildman–Crippen MR) is 85.0 cm³/mol. The number of nitrogens with one attached hydrogen (secondary N) is 2. The van der Waals surface area contributed by atoms with Crippen molar-refractivity contribution in [2.45, 2.75) is 52.3 Å². The third-order valence-corrected chi connectivity index (χ3v) is 5.23. The van der Waals surface area contributed by atoms with Crippen LogP contribution in [0.1, 0.15) is 36.0 Å². The molecule has 5 nitrogen and oxygen atoms in total. The van der Waals surface area contributed by atoms with Gasteiger partial charge in [-0.05, 0) is 39.2 Å². The summed E-state index contributed by atoms with van der Waals surface area (Å²) in [5, 5.41) is 4.21. The smallest absolute Gasteiger partial charge is 0.259 e. The first-order valence-corrected chi connectivity index (χ1v) is 8.20. The Hall–Kier alpha value is -1.24. The van der Waals surface area contributed by atoms with Gasteiger partial charge in [0.25, 0.3) is 5.56 Å². The minimum atomic E-state index is -0.0287. The van der Waals surface area contributed by atoms with Gasteiger partial charge in [0.05, 0.1) is 18.0 Å². The monoisotopic (exact) mass is 307 g/mol. The van der Waals surface area contributed by atoms with Crippen molar-refractivity contribution in [1.29, 1.82) is 0 Å². The fourth-order valence-electron chi connectivity index (χ4n) is 2.81. The molecule has 2 N–H and O–H groups in total. The maximum atomic E-state index is 12.2. The molecule has 0 spiro atoms. The number of hydrogen-bond acceptors (Lipinski definition) is 5. The molecule has 1 fully saturated rings. The van der Waals surface area contributed by atoms with E-state index >= 15 is 0 Å². The van der Waals surface area contributed by atoms with Crippen molar-refractivity contribution >= 4 is 21.6 Å². The molecule has 2 aromatic rings. The first kappa shape index (κ1) is 14.7. The van der Waals surface area contributed by atoms with Crippen LogP contribution in [0.15, 0.2) is 4.79 Å². The van der Waals surface area contributed by atoms with Crippen LogP contribution in [0.5, 0.6) is 0 Å². The van der Waals surface area contributed by atoms with E-state index in [-0.39, 0.29) is 5.56 Å². The number of aryl methyl sites for hydroxylation is 2. The predicted octanol–water partition coefficient (Wildman–Crippen LogP) is 2.26. The van der Waals surface area contributed by atoms with Gasteiger partial charge < -0.3 is 15.0 Å². The van der Waals surface area contributed by atoms with Crippen molar-refractivity contribution in [3.05, 3.63) is 26.6 Å². The quantitative estimate of drug-likeness (QED) is 0.913. The first-order valence-electron chi connectivity index (χ1n) is 7.38. The van der Waals surface area contributed by atoms with E-state index < -0.39 is 0 Å². The second kappa shape index (κ2) is 5.87. The Bertz CT molecular complexity index is 707. The maximum absolute atomic E-state index is 12.2. The highest BCUT2D eigenvalue weighted by molar-refractivity contribution is 7.18. The number of rotatable bonds is 3. The molecule has 1 saturated heterocycles. The molecule has 0 amide bonds. The molecule has 1 aliphatic heterocycles. The zero-order valence-electron chi connectivity index (χ0n) is 12.7. The fraction of sp³-hybridized carbons (Fsp3) is 0.600. The van der Waals surface area contributed by atoms with Crippen LogP contribution in [-0.4, -0.2) is 28.7 Å². The molecule has 114 valence electrons. The van der Waals surface area contributed by atoms with E-state index in [1.54, 1.807) is 11.3 Å². The third-order valence-electron chi connectivity index (χ3n) is 4.13. The number of ether oxygens (including phenoxy) is 1. The van der Waals surface area contributed by atoms with Gasteiger partial charge in [-0.25, -0.2) is 4.98 Å². The fourth-order valence-corrected chi connectivity index (χ4v) is 3.86. The van der Waals surface area contributed by atoms with E-state index in [4.69, 9.17) is 4.74 Å². The topological polar surface area (TPSA) is 67.0 Å². The summed E-state index contributed by atoms with van der Waals surface area (Å²) in [6, 6.07) is 0.432. The number of fused-ring (bicyclic) bond motifs is 1. The summed E-state index contributed by atoms with van der Waals surface area (Å²) in [7, 11) is 0. The van der Waals surface area contributed by atoms with E-state index in [9.17, 15) is 4.79 Å². The van der Waals surface area contributed by atoms with Crippen molar-refractivity contribution in [3.8, 4) is 0 Å². The van der Waals surface area contributed by atoms with E-state index in [0.717, 1.165) is 40.1 Å². The van der Waals surface area contributed by atoms with Crippen LogP contribution in [0.2, 0.25) is 0 Å². The summed E-state index contributed by atoms with van der Waals surface area (Å²) in [5.74, 6) is 0.716. The molecule has 2 atom stereocenters. The number of aromatic amines is 1. The summed E-state index contributed by atoms with van der Waals surface area (Å²) >= 11 is 1.59. The van der Waals surface area contributed by atoms with Crippen molar-refractivity contribution in [1.82, 2.24) is 15.3 Å². The Balaban J connectivity index is 1.77. The van der Waals surface area contributed by atoms with Gasteiger partial charge in [-0.15, -0.1) is 11.3 Å². The Kier molecular flexibility index (Phi) is 4.10. The number of nitrogens with zero attached hydrogens (tertiary/aromatic N) is 1. The zero-order chi connectivity index (χ0) is 15.0. The Morgan fingerprint density at radius 3 is 3.05 bits per heavy atom. The Morgan fingerprint density at radius 2 is 2.29 bits per heavy atom. The molecule has 21 heavy (non-hydrogen) atoms. The largest absolute Gasteiger partial charge is 0.378 e. The summed E-state index contributed by atoms with van der Waals surface area (Å²) in [6.45, 7) is 7.50. The van der Waals surface area contributed by atoms with Gasteiger partial charge >= 0.3 is 0 Å². The number of H-pyrrole nitrogens is 1. The molecule has 2 unspecified atom stereocenters. The maximum Gasteiger partial charge on any atom is 0.259 e. The lowest BCUT2D eigenvalue weighted by Crippen LogP contribution is -2.38. The summed E-state index contributed by atoms with van der Waals surface area (Å²) < 4.78 is 5.54. The van der Waals surface area contributed by atoms with Crippen LogP contribution in [0.4, 0.5) is 0 Å². The third kappa shape index (κ3) is 3.02. The van der Waals surface area contributed by atoms with Gasteiger partial charge in [0.2, 0.25) is 0 Å². The Labute approximate surface area is 127 Å². The molecular formula is C15H21N3O2S. The minimum Gasteiger partial charge on any atom is -0.378 e. The van der Waals surface area contributed by atoms with E-state index in [2.05, 4.69) is 22.2 Å². The van der Waals surface area contributed by atoms with Crippen molar-refractivity contribution in [2.24, 2.45) is 0 Å². The lowest BCUT2D eigenvalue weighted by atomic mass is 10.0. The lowest BCUT2D eigenvalue weighted by Gasteiger charge is -2.27. The van der Waals surface area contributed by atoms with Crippen LogP contribution in [0.25, 0.3) is 10.2 Å². The molecule has 6 heteroatoms. The van der Waals surface area contributed by atoms with Crippen LogP contribution in [-0.2, 0) is 11.3 Å². The molecule has 2 aromatic heterocycles. The van der Waals surface area contributed by atoms with Gasteiger partial charge in [0.1, 0.15) is 10.7 Å². The molecule has 3 heterocycles. The molecule has 1 aliphatic rings. The average molecular weight is 307 g/mol. The standard InChI is InChI=1S/C15H21N3O2S/c1-8-6-11(4-5-20-8)16-7-12-17-14(19)13-9(2)10(3)21-15(13)18-12/h8,11,16H,4-7H2,1-3H3,(H,17,18,19). The second-order valence-corrected chi connectivity index (χ2v) is 6.96. The van der Waals surface area contributed by atoms with Crippen LogP contribution in [0, 0.1) is 13.8 Å². The molecule has 0 aromatic carbocycles. The minimum absolute atomic E-state index is 0.0287. The van der Waals surface area contributed by atoms with Crippen molar-refractivity contribution in [2.75, 3.05) is 6.61 Å². The molecule has 3 rings (SSSR count). The van der Waals surface area contributed by atoms with E-state index in [1.165, 1.54) is 0 Å². The van der Waals surface area contributed by atoms with Crippen LogP contribution in [0.3, 0.4) is 0 Å². The number of aromatic nitrogens is 2. The Morgan fingerprint density at radius 1 is 1.48 bits per heavy atom. The van der Waals surface area contributed by atoms with Crippen LogP contribution < -0.4 is 10.9 Å². The van der Waals surface area contributed by atoms with E-state index in [0.29, 0.717) is 24.5 Å². The highest BCUT2D eigenvalue weighted by atomic mass is 32.1. The first-order chi connectivity index (χ1) is 10.0. The van der Waals surface area contributed by atoms with Gasteiger partial charge in [0, 0.05) is 17.5 Å². The van der Waals surface area contributed by atoms with Crippen molar-refractivity contribution in [3.63, 3.8) is 0 Å². The number of hydrogen-bond donors (Lipinski definition) is 2. The average Bonchev–Trinajstić information content (AvgIpc) is 2.72. The van der Waals surface area contributed by atoms with Gasteiger partial charge in [0.15, 0.2) is 0 Å². The SMILES string of the molecule is Cc1sc2nc(CNC3CCOC(C)C3)[nH]c(=O)c2c1C. The summed E-state index contributed by atoms with van der Waals surface area (Å²) in [5.41, 5.74) is 1.01. The summed E-state index contributed by atoms with van der Waals surface area (Å²) in [4.78, 5) is 21.7. The zero-order valence-corrected chi connectivity index (χ0v) is 13.5. The van der Waals surface area contributed by atoms with Crippen molar-refractivity contribution < 1.29 is 4.74 Å². The molecule has 0 bridgehead atoms. The normalized spacial score (nSPS) is 22.8. The molecule has 0 radical (unpaired) electrons. The van der Waals surface area contributed by atoms with E-state index in [1.807, 2.05) is 13.8 Å². The van der Waals surface area contributed by atoms with Gasteiger partial charge in [-0.2, -0.15) is 0 Å².